The van der Waals surface area contributed by atoms with E-state index in [2.05, 4.69) is 35.1 Å². The first-order valence-electron chi connectivity index (χ1n) is 5.66. The van der Waals surface area contributed by atoms with Crippen molar-refractivity contribution >= 4 is 17.9 Å². The number of esters is 1. The number of hydrogen-bond donors (Lipinski definition) is 1. The van der Waals surface area contributed by atoms with Crippen molar-refractivity contribution in [2.24, 2.45) is 0 Å². The van der Waals surface area contributed by atoms with Gasteiger partial charge in [-0.15, -0.1) is 5.10 Å². The van der Waals surface area contributed by atoms with Crippen molar-refractivity contribution in [3.8, 4) is 5.95 Å². The quantitative estimate of drug-likeness (QED) is 0.729. The van der Waals surface area contributed by atoms with Crippen LogP contribution in [0.3, 0.4) is 0 Å². The fourth-order valence-electron chi connectivity index (χ4n) is 1.31. The van der Waals surface area contributed by atoms with Gasteiger partial charge in [0, 0.05) is 21.1 Å². The number of methoxy groups -OCH3 is 1. The zero-order valence-corrected chi connectivity index (χ0v) is 11.5. The highest BCUT2D eigenvalue weighted by molar-refractivity contribution is 5.84. The average Bonchev–Trinajstić information content (AvgIpc) is 2.95. The van der Waals surface area contributed by atoms with Gasteiger partial charge < -0.3 is 15.0 Å². The number of rotatable bonds is 4. The van der Waals surface area contributed by atoms with Crippen molar-refractivity contribution < 1.29 is 9.53 Å². The number of hydrogen-bond acceptors (Lipinski definition) is 9. The molecule has 0 radical (unpaired) electrons. The highest BCUT2D eigenvalue weighted by Crippen LogP contribution is 2.10. The fourth-order valence-corrected chi connectivity index (χ4v) is 1.31. The van der Waals surface area contributed by atoms with Crippen LogP contribution in [0.25, 0.3) is 5.95 Å². The Hall–Kier alpha value is -2.78. The van der Waals surface area contributed by atoms with Crippen LogP contribution in [-0.2, 0) is 4.74 Å². The molecule has 2 aromatic heterocycles. The van der Waals surface area contributed by atoms with Gasteiger partial charge in [-0.05, 0) is 0 Å². The van der Waals surface area contributed by atoms with Crippen LogP contribution < -0.4 is 10.2 Å². The van der Waals surface area contributed by atoms with E-state index in [0.717, 1.165) is 0 Å². The molecule has 2 rings (SSSR count). The molecule has 2 aromatic rings. The Balaban J connectivity index is 2.43. The molecule has 0 aliphatic rings. The van der Waals surface area contributed by atoms with Crippen molar-refractivity contribution in [3.63, 3.8) is 0 Å². The van der Waals surface area contributed by atoms with E-state index in [0.29, 0.717) is 11.9 Å². The smallest absolute Gasteiger partial charge is 0.377 e. The molecular formula is C10H14N8O2. The lowest BCUT2D eigenvalue weighted by Crippen LogP contribution is -2.17. The molecular weight excluding hydrogens is 264 g/mol. The van der Waals surface area contributed by atoms with E-state index in [1.54, 1.807) is 26.0 Å². The molecule has 2 heterocycles. The summed E-state index contributed by atoms with van der Waals surface area (Å²) in [7, 11) is 6.56. The first kappa shape index (κ1) is 13.6. The molecule has 0 bridgehead atoms. The van der Waals surface area contributed by atoms with Gasteiger partial charge in [-0.3, -0.25) is 0 Å². The summed E-state index contributed by atoms with van der Waals surface area (Å²) in [4.78, 5) is 29.4. The van der Waals surface area contributed by atoms with Gasteiger partial charge >= 0.3 is 5.97 Å². The number of aromatic nitrogens is 6. The molecule has 0 aliphatic carbocycles. The second-order valence-electron chi connectivity index (χ2n) is 3.91. The Morgan fingerprint density at radius 1 is 1.35 bits per heavy atom. The minimum atomic E-state index is -0.625. The molecule has 20 heavy (non-hydrogen) atoms. The molecule has 0 aliphatic heterocycles. The van der Waals surface area contributed by atoms with Crippen LogP contribution in [0.4, 0.5) is 11.9 Å². The summed E-state index contributed by atoms with van der Waals surface area (Å²) in [5, 5.41) is 6.79. The van der Waals surface area contributed by atoms with Crippen LogP contribution in [0, 0.1) is 0 Å². The van der Waals surface area contributed by atoms with Crippen molar-refractivity contribution in [1.82, 2.24) is 29.7 Å². The van der Waals surface area contributed by atoms with Crippen LogP contribution in [0.15, 0.2) is 6.33 Å². The number of nitrogens with one attached hydrogen (secondary N) is 1. The van der Waals surface area contributed by atoms with Crippen molar-refractivity contribution in [3.05, 3.63) is 12.2 Å². The zero-order chi connectivity index (χ0) is 14.7. The van der Waals surface area contributed by atoms with Crippen LogP contribution in [0.1, 0.15) is 10.6 Å². The van der Waals surface area contributed by atoms with Crippen molar-refractivity contribution in [2.75, 3.05) is 38.5 Å². The molecule has 0 spiro atoms. The average molecular weight is 278 g/mol. The Morgan fingerprint density at radius 2 is 2.10 bits per heavy atom. The standard InChI is InChI=1S/C10H14N8O2/c1-11-8-13-9(17(2)3)15-10(14-8)18-5-12-6(16-18)7(19)20-4/h5H,1-4H3,(H,11,13,14,15). The zero-order valence-electron chi connectivity index (χ0n) is 11.5. The molecule has 0 fully saturated rings. The predicted octanol–water partition coefficient (Wildman–Crippen LogP) is -0.653. The molecule has 10 heteroatoms. The topological polar surface area (TPSA) is 111 Å². The summed E-state index contributed by atoms with van der Waals surface area (Å²) in [5.74, 6) is 0.392. The van der Waals surface area contributed by atoms with Gasteiger partial charge in [-0.1, -0.05) is 0 Å². The van der Waals surface area contributed by atoms with E-state index >= 15 is 0 Å². The van der Waals surface area contributed by atoms with Crippen LogP contribution in [0.2, 0.25) is 0 Å². The number of ether oxygens (including phenoxy) is 1. The molecule has 1 N–H and O–H groups in total. The van der Waals surface area contributed by atoms with Crippen molar-refractivity contribution in [1.29, 1.82) is 0 Å². The largest absolute Gasteiger partial charge is 0.463 e. The van der Waals surface area contributed by atoms with E-state index in [4.69, 9.17) is 0 Å². The molecule has 0 atom stereocenters. The lowest BCUT2D eigenvalue weighted by Gasteiger charge is -2.11. The van der Waals surface area contributed by atoms with Gasteiger partial charge in [0.1, 0.15) is 6.33 Å². The third-order valence-corrected chi connectivity index (χ3v) is 2.30. The Labute approximate surface area is 114 Å². The maximum atomic E-state index is 11.3. The number of carbonyl (C=O) groups is 1. The molecule has 0 unspecified atom stereocenters. The molecule has 0 aromatic carbocycles. The monoisotopic (exact) mass is 278 g/mol. The summed E-state index contributed by atoms with van der Waals surface area (Å²) < 4.78 is 5.82. The van der Waals surface area contributed by atoms with E-state index in [-0.39, 0.29) is 11.8 Å². The highest BCUT2D eigenvalue weighted by atomic mass is 16.5. The van der Waals surface area contributed by atoms with Gasteiger partial charge in [0.05, 0.1) is 7.11 Å². The van der Waals surface area contributed by atoms with Crippen molar-refractivity contribution in [2.45, 2.75) is 0 Å². The summed E-state index contributed by atoms with van der Waals surface area (Å²) in [6.45, 7) is 0. The molecule has 106 valence electrons. The summed E-state index contributed by atoms with van der Waals surface area (Å²) in [5.41, 5.74) is 0. The molecule has 0 saturated heterocycles. The van der Waals surface area contributed by atoms with Crippen LogP contribution >= 0.6 is 0 Å². The molecule has 0 saturated carbocycles. The lowest BCUT2D eigenvalue weighted by atomic mass is 10.6. The SMILES string of the molecule is CNc1nc(N(C)C)nc(-n2cnc(C(=O)OC)n2)n1. The minimum absolute atomic E-state index is 0.0645. The maximum absolute atomic E-state index is 11.3. The predicted molar refractivity (Wildman–Crippen MR) is 70.0 cm³/mol. The first-order valence-corrected chi connectivity index (χ1v) is 5.66. The third kappa shape index (κ3) is 2.63. The second-order valence-corrected chi connectivity index (χ2v) is 3.91. The van der Waals surface area contributed by atoms with E-state index < -0.39 is 5.97 Å². The normalized spacial score (nSPS) is 10.2. The summed E-state index contributed by atoms with van der Waals surface area (Å²) in [6, 6.07) is 0. The van der Waals surface area contributed by atoms with Gasteiger partial charge in [-0.25, -0.2) is 9.78 Å². The Bertz CT molecular complexity index is 623. The van der Waals surface area contributed by atoms with Crippen LogP contribution in [-0.4, -0.2) is 63.9 Å². The third-order valence-electron chi connectivity index (χ3n) is 2.30. The fraction of sp³-hybridized carbons (Fsp3) is 0.400. The minimum Gasteiger partial charge on any atom is -0.463 e. The number of carbonyl (C=O) groups excluding carboxylic acids is 1. The Morgan fingerprint density at radius 3 is 2.70 bits per heavy atom. The van der Waals surface area contributed by atoms with E-state index in [1.165, 1.54) is 18.1 Å². The second kappa shape index (κ2) is 5.47. The first-order chi connectivity index (χ1) is 9.55. The van der Waals surface area contributed by atoms with E-state index in [9.17, 15) is 4.79 Å². The Kier molecular flexibility index (Phi) is 3.73. The van der Waals surface area contributed by atoms with E-state index in [1.807, 2.05) is 0 Å². The number of anilines is 2. The highest BCUT2D eigenvalue weighted by Gasteiger charge is 2.15. The maximum Gasteiger partial charge on any atom is 0.377 e. The van der Waals surface area contributed by atoms with Gasteiger partial charge in [0.25, 0.3) is 11.8 Å². The summed E-state index contributed by atoms with van der Waals surface area (Å²) >= 11 is 0. The molecule has 0 amide bonds. The lowest BCUT2D eigenvalue weighted by molar-refractivity contribution is 0.0587. The van der Waals surface area contributed by atoms with Crippen LogP contribution in [0.5, 0.6) is 0 Å². The molecule has 10 nitrogen and oxygen atoms in total. The van der Waals surface area contributed by atoms with Gasteiger partial charge in [0.15, 0.2) is 0 Å². The number of nitrogens with zero attached hydrogens (tertiary/aromatic N) is 7. The summed E-state index contributed by atoms with van der Waals surface area (Å²) in [6.07, 6.45) is 1.33. The van der Waals surface area contributed by atoms with Gasteiger partial charge in [-0.2, -0.15) is 19.6 Å². The van der Waals surface area contributed by atoms with Gasteiger partial charge in [0.2, 0.25) is 11.9 Å².